The van der Waals surface area contributed by atoms with Crippen LogP contribution in [-0.2, 0) is 11.3 Å². The van der Waals surface area contributed by atoms with Crippen molar-refractivity contribution >= 4 is 11.6 Å². The highest BCUT2D eigenvalue weighted by Gasteiger charge is 2.27. The fourth-order valence-corrected chi connectivity index (χ4v) is 4.43. The van der Waals surface area contributed by atoms with Crippen LogP contribution in [0.3, 0.4) is 0 Å². The Morgan fingerprint density at radius 2 is 1.80 bits per heavy atom. The Hall–Kier alpha value is -2.31. The predicted molar refractivity (Wildman–Crippen MR) is 123 cm³/mol. The van der Waals surface area contributed by atoms with Crippen LogP contribution in [0.2, 0.25) is 0 Å². The number of hydrogen-bond acceptors (Lipinski definition) is 4. The van der Waals surface area contributed by atoms with Crippen LogP contribution in [0.15, 0.2) is 24.3 Å². The summed E-state index contributed by atoms with van der Waals surface area (Å²) in [7, 11) is 1.65. The lowest BCUT2D eigenvalue weighted by Gasteiger charge is -2.36. The lowest BCUT2D eigenvalue weighted by molar-refractivity contribution is 0.0927. The molecule has 1 aliphatic heterocycles. The maximum Gasteiger partial charge on any atom is 0.268 e. The first-order valence-corrected chi connectivity index (χ1v) is 11.0. The van der Waals surface area contributed by atoms with Gasteiger partial charge in [0.15, 0.2) is 0 Å². The van der Waals surface area contributed by atoms with Crippen molar-refractivity contribution in [2.45, 2.75) is 34.2 Å². The third-order valence-corrected chi connectivity index (χ3v) is 6.26. The second-order valence-electron chi connectivity index (χ2n) is 8.09. The summed E-state index contributed by atoms with van der Waals surface area (Å²) in [5, 5.41) is 3.03. The minimum atomic E-state index is -0.0281. The normalized spacial score (nSPS) is 14.9. The maximum atomic E-state index is 13.2. The Balaban J connectivity index is 1.98. The molecule has 0 aliphatic carbocycles. The van der Waals surface area contributed by atoms with Crippen molar-refractivity contribution in [3.05, 3.63) is 52.3 Å². The number of amides is 1. The van der Waals surface area contributed by atoms with Gasteiger partial charge in [-0.05, 0) is 38.4 Å². The summed E-state index contributed by atoms with van der Waals surface area (Å²) in [4.78, 5) is 18.1. The van der Waals surface area contributed by atoms with Crippen LogP contribution in [0.1, 0.15) is 39.8 Å². The Labute approximate surface area is 180 Å². The molecule has 0 atom stereocenters. The molecule has 0 radical (unpaired) electrons. The van der Waals surface area contributed by atoms with Crippen molar-refractivity contribution in [1.29, 1.82) is 0 Å². The first kappa shape index (κ1) is 22.4. The number of piperazine rings is 1. The van der Waals surface area contributed by atoms with Gasteiger partial charge in [0.25, 0.3) is 5.91 Å². The van der Waals surface area contributed by atoms with Gasteiger partial charge in [0.1, 0.15) is 5.69 Å². The number of hydrogen-bond donors (Lipinski definition) is 1. The van der Waals surface area contributed by atoms with Gasteiger partial charge in [-0.2, -0.15) is 0 Å². The first-order valence-electron chi connectivity index (χ1n) is 11.0. The van der Waals surface area contributed by atoms with E-state index in [-0.39, 0.29) is 5.91 Å². The molecule has 1 fully saturated rings. The predicted octanol–water partition coefficient (Wildman–Crippen LogP) is 2.98. The quantitative estimate of drug-likeness (QED) is 0.678. The second-order valence-corrected chi connectivity index (χ2v) is 8.09. The molecule has 0 unspecified atom stereocenters. The zero-order valence-electron chi connectivity index (χ0n) is 19.1. The number of likely N-dealkylation sites (N-methyl/N-ethyl adjacent to an activating group) is 1. The molecule has 1 amide bonds. The van der Waals surface area contributed by atoms with Crippen LogP contribution in [0, 0.1) is 20.8 Å². The molecule has 6 heteroatoms. The van der Waals surface area contributed by atoms with Crippen molar-refractivity contribution in [1.82, 2.24) is 14.8 Å². The van der Waals surface area contributed by atoms with E-state index in [1.807, 2.05) is 0 Å². The summed E-state index contributed by atoms with van der Waals surface area (Å²) in [6, 6.07) is 8.40. The summed E-state index contributed by atoms with van der Waals surface area (Å²) in [5.41, 5.74) is 6.70. The first-order chi connectivity index (χ1) is 14.5. The molecular weight excluding hydrogens is 376 g/mol. The van der Waals surface area contributed by atoms with Crippen LogP contribution in [-0.4, -0.2) is 68.4 Å². The Morgan fingerprint density at radius 3 is 2.43 bits per heavy atom. The number of nitrogens with one attached hydrogen (secondary N) is 1. The topological polar surface area (TPSA) is 49.7 Å². The smallest absolute Gasteiger partial charge is 0.268 e. The van der Waals surface area contributed by atoms with Crippen LogP contribution in [0.5, 0.6) is 0 Å². The lowest BCUT2D eigenvalue weighted by atomic mass is 10.1. The monoisotopic (exact) mass is 412 g/mol. The molecule has 1 saturated heterocycles. The SMILES string of the molecule is CCN1CCN(c2c(C)c(C(=O)NCCOC)n(Cc3ccccc3C)c2C)CC1. The molecule has 6 nitrogen and oxygen atoms in total. The molecule has 164 valence electrons. The maximum absolute atomic E-state index is 13.2. The van der Waals surface area contributed by atoms with Gasteiger partial charge in [0.2, 0.25) is 0 Å². The van der Waals surface area contributed by atoms with Gasteiger partial charge in [-0.3, -0.25) is 4.79 Å². The number of benzene rings is 1. The van der Waals surface area contributed by atoms with Gasteiger partial charge in [-0.15, -0.1) is 0 Å². The van der Waals surface area contributed by atoms with Gasteiger partial charge in [0.05, 0.1) is 12.3 Å². The summed E-state index contributed by atoms with van der Waals surface area (Å²) in [5.74, 6) is -0.0281. The van der Waals surface area contributed by atoms with E-state index < -0.39 is 0 Å². The Bertz CT molecular complexity index is 866. The summed E-state index contributed by atoms with van der Waals surface area (Å²) in [6.45, 7) is 15.5. The molecule has 3 rings (SSSR count). The number of aryl methyl sites for hydroxylation is 1. The molecule has 30 heavy (non-hydrogen) atoms. The van der Waals surface area contributed by atoms with Crippen molar-refractivity contribution in [2.75, 3.05) is 57.9 Å². The van der Waals surface area contributed by atoms with Crippen molar-refractivity contribution < 1.29 is 9.53 Å². The number of methoxy groups -OCH3 is 1. The third-order valence-electron chi connectivity index (χ3n) is 6.26. The van der Waals surface area contributed by atoms with E-state index in [0.29, 0.717) is 19.7 Å². The third kappa shape index (κ3) is 4.71. The molecule has 0 spiro atoms. The fourth-order valence-electron chi connectivity index (χ4n) is 4.43. The largest absolute Gasteiger partial charge is 0.383 e. The molecule has 1 aromatic carbocycles. The average molecular weight is 413 g/mol. The molecule has 0 saturated carbocycles. The number of anilines is 1. The van der Waals surface area contributed by atoms with E-state index in [2.05, 4.69) is 71.6 Å². The molecule has 2 heterocycles. The van der Waals surface area contributed by atoms with Gasteiger partial charge in [-0.25, -0.2) is 0 Å². The lowest BCUT2D eigenvalue weighted by Crippen LogP contribution is -2.46. The fraction of sp³-hybridized carbons (Fsp3) is 0.542. The van der Waals surface area contributed by atoms with Crippen LogP contribution in [0.25, 0.3) is 0 Å². The summed E-state index contributed by atoms with van der Waals surface area (Å²) < 4.78 is 7.31. The zero-order chi connectivity index (χ0) is 21.7. The highest BCUT2D eigenvalue weighted by atomic mass is 16.5. The minimum Gasteiger partial charge on any atom is -0.383 e. The number of rotatable bonds is 8. The van der Waals surface area contributed by atoms with Gasteiger partial charge < -0.3 is 24.4 Å². The van der Waals surface area contributed by atoms with Gasteiger partial charge in [0, 0.05) is 57.6 Å². The molecule has 0 bridgehead atoms. The molecular formula is C24H36N4O2. The number of nitrogens with zero attached hydrogens (tertiary/aromatic N) is 3. The van der Waals surface area contributed by atoms with Crippen molar-refractivity contribution in [3.8, 4) is 0 Å². The van der Waals surface area contributed by atoms with E-state index in [1.165, 1.54) is 16.8 Å². The Morgan fingerprint density at radius 1 is 1.10 bits per heavy atom. The van der Waals surface area contributed by atoms with E-state index in [0.717, 1.165) is 49.7 Å². The number of aromatic nitrogens is 1. The van der Waals surface area contributed by atoms with Crippen molar-refractivity contribution in [2.24, 2.45) is 0 Å². The zero-order valence-corrected chi connectivity index (χ0v) is 19.1. The number of carbonyl (C=O) groups is 1. The minimum absolute atomic E-state index is 0.0281. The van der Waals surface area contributed by atoms with E-state index in [9.17, 15) is 4.79 Å². The van der Waals surface area contributed by atoms with Gasteiger partial charge in [-0.1, -0.05) is 31.2 Å². The highest BCUT2D eigenvalue weighted by molar-refractivity contribution is 5.96. The standard InChI is InChI=1S/C24H36N4O2/c1-6-26-12-14-27(15-13-26)22-19(3)23(24(29)25-11-16-30-5)28(20(22)4)17-21-10-8-7-9-18(21)2/h7-10H,6,11-17H2,1-5H3,(H,25,29). The average Bonchev–Trinajstić information content (AvgIpc) is 2.99. The Kier molecular flexibility index (Phi) is 7.56. The van der Waals surface area contributed by atoms with E-state index in [1.54, 1.807) is 7.11 Å². The second kappa shape index (κ2) is 10.1. The van der Waals surface area contributed by atoms with Crippen LogP contribution >= 0.6 is 0 Å². The van der Waals surface area contributed by atoms with Crippen LogP contribution in [0.4, 0.5) is 5.69 Å². The number of carbonyl (C=O) groups excluding carboxylic acids is 1. The highest BCUT2D eigenvalue weighted by Crippen LogP contribution is 2.32. The van der Waals surface area contributed by atoms with E-state index >= 15 is 0 Å². The molecule has 1 aliphatic rings. The molecule has 2 aromatic rings. The summed E-state index contributed by atoms with van der Waals surface area (Å²) >= 11 is 0. The number of ether oxygens (including phenoxy) is 1. The van der Waals surface area contributed by atoms with Crippen LogP contribution < -0.4 is 10.2 Å². The van der Waals surface area contributed by atoms with Gasteiger partial charge >= 0.3 is 0 Å². The molecule has 1 N–H and O–H groups in total. The summed E-state index contributed by atoms with van der Waals surface area (Å²) in [6.07, 6.45) is 0. The van der Waals surface area contributed by atoms with Crippen molar-refractivity contribution in [3.63, 3.8) is 0 Å². The molecule has 1 aromatic heterocycles. The van der Waals surface area contributed by atoms with E-state index in [4.69, 9.17) is 4.74 Å².